The molecule has 0 amide bonds. The largest absolute Gasteiger partial charge is 0.330 e. The lowest BCUT2D eigenvalue weighted by atomic mass is 9.82. The van der Waals surface area contributed by atoms with Crippen LogP contribution in [-0.2, 0) is 11.8 Å². The van der Waals surface area contributed by atoms with Crippen molar-refractivity contribution in [3.05, 3.63) is 57.2 Å². The maximum atomic E-state index is 6.21. The standard InChI is InChI=1S/C14H16ClNS/c1-14(10-16,13-7-4-8-17-13)9-11-5-2-3-6-12(11)15/h2-8H,9-10,16H2,1H3. The zero-order valence-electron chi connectivity index (χ0n) is 9.82. The molecular weight excluding hydrogens is 250 g/mol. The fourth-order valence-corrected chi connectivity index (χ4v) is 3.05. The van der Waals surface area contributed by atoms with Crippen molar-refractivity contribution in [1.29, 1.82) is 0 Å². The zero-order valence-corrected chi connectivity index (χ0v) is 11.4. The Balaban J connectivity index is 2.30. The van der Waals surface area contributed by atoms with Crippen LogP contribution in [0.5, 0.6) is 0 Å². The third-order valence-electron chi connectivity index (χ3n) is 3.11. The van der Waals surface area contributed by atoms with Gasteiger partial charge in [0.2, 0.25) is 0 Å². The number of hydrogen-bond donors (Lipinski definition) is 1. The quantitative estimate of drug-likeness (QED) is 0.893. The van der Waals surface area contributed by atoms with E-state index in [4.69, 9.17) is 17.3 Å². The molecule has 0 aliphatic heterocycles. The second kappa shape index (κ2) is 5.21. The maximum absolute atomic E-state index is 6.21. The van der Waals surface area contributed by atoms with Crippen LogP contribution in [0.25, 0.3) is 0 Å². The molecule has 1 heterocycles. The summed E-state index contributed by atoms with van der Waals surface area (Å²) >= 11 is 7.97. The summed E-state index contributed by atoms with van der Waals surface area (Å²) in [4.78, 5) is 1.32. The molecule has 1 aromatic carbocycles. The number of nitrogens with two attached hydrogens (primary N) is 1. The molecule has 0 radical (unpaired) electrons. The van der Waals surface area contributed by atoms with Gasteiger partial charge in [-0.1, -0.05) is 42.8 Å². The third-order valence-corrected chi connectivity index (χ3v) is 4.65. The Labute approximate surface area is 111 Å². The Morgan fingerprint density at radius 3 is 2.59 bits per heavy atom. The van der Waals surface area contributed by atoms with Gasteiger partial charge in [0.15, 0.2) is 0 Å². The molecule has 0 aliphatic carbocycles. The highest BCUT2D eigenvalue weighted by atomic mass is 35.5. The van der Waals surface area contributed by atoms with Gasteiger partial charge >= 0.3 is 0 Å². The molecule has 90 valence electrons. The van der Waals surface area contributed by atoms with Gasteiger partial charge in [-0.25, -0.2) is 0 Å². The number of benzene rings is 1. The molecule has 17 heavy (non-hydrogen) atoms. The van der Waals surface area contributed by atoms with Crippen molar-refractivity contribution >= 4 is 22.9 Å². The average molecular weight is 266 g/mol. The summed E-state index contributed by atoms with van der Waals surface area (Å²) in [5, 5.41) is 2.92. The second-order valence-corrected chi connectivity index (χ2v) is 5.87. The Hall–Kier alpha value is -0.830. The van der Waals surface area contributed by atoms with E-state index in [1.165, 1.54) is 4.88 Å². The first kappa shape index (κ1) is 12.6. The van der Waals surface area contributed by atoms with Gasteiger partial charge < -0.3 is 5.73 Å². The van der Waals surface area contributed by atoms with Gasteiger partial charge in [-0.05, 0) is 29.5 Å². The maximum Gasteiger partial charge on any atom is 0.0438 e. The van der Waals surface area contributed by atoms with Crippen molar-refractivity contribution in [2.45, 2.75) is 18.8 Å². The van der Waals surface area contributed by atoms with Crippen molar-refractivity contribution in [1.82, 2.24) is 0 Å². The van der Waals surface area contributed by atoms with Gasteiger partial charge in [-0.3, -0.25) is 0 Å². The summed E-state index contributed by atoms with van der Waals surface area (Å²) in [6.45, 7) is 2.82. The van der Waals surface area contributed by atoms with E-state index in [0.29, 0.717) is 6.54 Å². The summed E-state index contributed by atoms with van der Waals surface area (Å²) in [5.41, 5.74) is 7.09. The summed E-state index contributed by atoms with van der Waals surface area (Å²) in [6, 6.07) is 12.2. The first-order valence-electron chi connectivity index (χ1n) is 5.63. The molecule has 1 unspecified atom stereocenters. The highest BCUT2D eigenvalue weighted by molar-refractivity contribution is 7.10. The predicted molar refractivity (Wildman–Crippen MR) is 75.9 cm³/mol. The van der Waals surface area contributed by atoms with E-state index in [1.807, 2.05) is 18.2 Å². The van der Waals surface area contributed by atoms with Gasteiger partial charge in [0.1, 0.15) is 0 Å². The van der Waals surface area contributed by atoms with Crippen LogP contribution in [0.15, 0.2) is 41.8 Å². The lowest BCUT2D eigenvalue weighted by Crippen LogP contribution is -2.33. The van der Waals surface area contributed by atoms with Gasteiger partial charge in [0, 0.05) is 21.9 Å². The minimum Gasteiger partial charge on any atom is -0.330 e. The Morgan fingerprint density at radius 1 is 1.24 bits per heavy atom. The van der Waals surface area contributed by atoms with Gasteiger partial charge in [0.25, 0.3) is 0 Å². The molecule has 1 atom stereocenters. The fraction of sp³-hybridized carbons (Fsp3) is 0.286. The Bertz CT molecular complexity index is 481. The van der Waals surface area contributed by atoms with Crippen LogP contribution in [0, 0.1) is 0 Å². The van der Waals surface area contributed by atoms with E-state index in [9.17, 15) is 0 Å². The molecule has 0 aliphatic rings. The SMILES string of the molecule is CC(CN)(Cc1ccccc1Cl)c1cccs1. The second-order valence-electron chi connectivity index (χ2n) is 4.51. The molecule has 2 aromatic rings. The van der Waals surface area contributed by atoms with Crippen LogP contribution in [0.2, 0.25) is 5.02 Å². The van der Waals surface area contributed by atoms with Crippen molar-refractivity contribution in [3.63, 3.8) is 0 Å². The van der Waals surface area contributed by atoms with E-state index in [1.54, 1.807) is 11.3 Å². The van der Waals surface area contributed by atoms with E-state index in [-0.39, 0.29) is 5.41 Å². The van der Waals surface area contributed by atoms with E-state index in [2.05, 4.69) is 30.5 Å². The highest BCUT2D eigenvalue weighted by Crippen LogP contribution is 2.32. The monoisotopic (exact) mass is 265 g/mol. The highest BCUT2D eigenvalue weighted by Gasteiger charge is 2.27. The summed E-state index contributed by atoms with van der Waals surface area (Å²) in [7, 11) is 0. The molecular formula is C14H16ClNS. The van der Waals surface area contributed by atoms with Crippen LogP contribution < -0.4 is 5.73 Å². The molecule has 2 rings (SSSR count). The van der Waals surface area contributed by atoms with Crippen molar-refractivity contribution in [2.24, 2.45) is 5.73 Å². The van der Waals surface area contributed by atoms with E-state index < -0.39 is 0 Å². The van der Waals surface area contributed by atoms with Crippen LogP contribution in [0.4, 0.5) is 0 Å². The first-order valence-corrected chi connectivity index (χ1v) is 6.89. The topological polar surface area (TPSA) is 26.0 Å². The molecule has 1 nitrogen and oxygen atoms in total. The Morgan fingerprint density at radius 2 is 2.00 bits per heavy atom. The normalized spacial score (nSPS) is 14.5. The van der Waals surface area contributed by atoms with Crippen LogP contribution >= 0.6 is 22.9 Å². The molecule has 0 fully saturated rings. The van der Waals surface area contributed by atoms with E-state index in [0.717, 1.165) is 17.0 Å². The zero-order chi connectivity index (χ0) is 12.3. The lowest BCUT2D eigenvalue weighted by Gasteiger charge is -2.27. The number of hydrogen-bond acceptors (Lipinski definition) is 2. The number of thiophene rings is 1. The minimum atomic E-state index is -0.0286. The molecule has 2 N–H and O–H groups in total. The number of halogens is 1. The van der Waals surface area contributed by atoms with Crippen LogP contribution in [-0.4, -0.2) is 6.54 Å². The average Bonchev–Trinajstić information content (AvgIpc) is 2.86. The fourth-order valence-electron chi connectivity index (χ4n) is 1.94. The van der Waals surface area contributed by atoms with Gasteiger partial charge in [-0.2, -0.15) is 0 Å². The predicted octanol–water partition coefficient (Wildman–Crippen LogP) is 3.86. The molecule has 0 saturated heterocycles. The van der Waals surface area contributed by atoms with Gasteiger partial charge in [-0.15, -0.1) is 11.3 Å². The molecule has 1 aromatic heterocycles. The summed E-state index contributed by atoms with van der Waals surface area (Å²) < 4.78 is 0. The Kier molecular flexibility index (Phi) is 3.87. The van der Waals surface area contributed by atoms with Crippen molar-refractivity contribution < 1.29 is 0 Å². The number of rotatable bonds is 4. The van der Waals surface area contributed by atoms with E-state index >= 15 is 0 Å². The summed E-state index contributed by atoms with van der Waals surface area (Å²) in [5.74, 6) is 0. The first-order chi connectivity index (χ1) is 8.15. The van der Waals surface area contributed by atoms with Gasteiger partial charge in [0.05, 0.1) is 0 Å². The smallest absolute Gasteiger partial charge is 0.0438 e. The van der Waals surface area contributed by atoms with Crippen LogP contribution in [0.3, 0.4) is 0 Å². The molecule has 0 saturated carbocycles. The minimum absolute atomic E-state index is 0.0286. The van der Waals surface area contributed by atoms with Crippen molar-refractivity contribution in [2.75, 3.05) is 6.54 Å². The lowest BCUT2D eigenvalue weighted by molar-refractivity contribution is 0.491. The van der Waals surface area contributed by atoms with Crippen molar-refractivity contribution in [3.8, 4) is 0 Å². The third kappa shape index (κ3) is 2.71. The molecule has 0 bridgehead atoms. The summed E-state index contributed by atoms with van der Waals surface area (Å²) in [6.07, 6.45) is 0.879. The molecule has 0 spiro atoms. The molecule has 3 heteroatoms. The van der Waals surface area contributed by atoms with Crippen LogP contribution in [0.1, 0.15) is 17.4 Å².